The van der Waals surface area contributed by atoms with E-state index in [2.05, 4.69) is 24.1 Å². The molecule has 3 aliphatic rings. The smallest absolute Gasteiger partial charge is 0.229 e. The Hall–Kier alpha value is -0.610. The van der Waals surface area contributed by atoms with Gasteiger partial charge in [0, 0.05) is 18.6 Å². The van der Waals surface area contributed by atoms with Crippen LogP contribution in [0.25, 0.3) is 0 Å². The summed E-state index contributed by atoms with van der Waals surface area (Å²) < 4.78 is 5.58. The van der Waals surface area contributed by atoms with Crippen LogP contribution in [0, 0.1) is 17.8 Å². The maximum atomic E-state index is 13.1. The van der Waals surface area contributed by atoms with Crippen molar-refractivity contribution in [2.45, 2.75) is 58.0 Å². The molecule has 120 valence electrons. The summed E-state index contributed by atoms with van der Waals surface area (Å²) in [6.07, 6.45) is 6.33. The monoisotopic (exact) mass is 294 g/mol. The van der Waals surface area contributed by atoms with Gasteiger partial charge in [0.2, 0.25) is 5.91 Å². The van der Waals surface area contributed by atoms with Crippen LogP contribution in [0.15, 0.2) is 0 Å². The SMILES string of the molecule is CCNC1COCC1C(=O)N1CCC(C)C2CCCCC21. The number of amides is 1. The van der Waals surface area contributed by atoms with Crippen LogP contribution < -0.4 is 5.32 Å². The highest BCUT2D eigenvalue weighted by molar-refractivity contribution is 5.80. The van der Waals surface area contributed by atoms with Crippen molar-refractivity contribution in [3.63, 3.8) is 0 Å². The molecular weight excluding hydrogens is 264 g/mol. The van der Waals surface area contributed by atoms with E-state index in [1.165, 1.54) is 32.1 Å². The zero-order valence-electron chi connectivity index (χ0n) is 13.5. The summed E-state index contributed by atoms with van der Waals surface area (Å²) in [5, 5.41) is 3.42. The topological polar surface area (TPSA) is 41.6 Å². The number of rotatable bonds is 3. The molecule has 0 aromatic carbocycles. The van der Waals surface area contributed by atoms with Crippen LogP contribution in [0.3, 0.4) is 0 Å². The van der Waals surface area contributed by atoms with Crippen LogP contribution in [-0.2, 0) is 9.53 Å². The second-order valence-corrected chi connectivity index (χ2v) is 7.12. The van der Waals surface area contributed by atoms with Gasteiger partial charge in [0.25, 0.3) is 0 Å². The standard InChI is InChI=1S/C17H30N2O2/c1-3-18-15-11-21-10-14(15)17(20)19-9-8-12(2)13-6-4-5-7-16(13)19/h12-16,18H,3-11H2,1-2H3. The third-order valence-electron chi connectivity index (χ3n) is 5.89. The lowest BCUT2D eigenvalue weighted by Crippen LogP contribution is -2.56. The lowest BCUT2D eigenvalue weighted by atomic mass is 9.72. The van der Waals surface area contributed by atoms with Crippen LogP contribution in [0.5, 0.6) is 0 Å². The number of carbonyl (C=O) groups excluding carboxylic acids is 1. The lowest BCUT2D eigenvalue weighted by molar-refractivity contribution is -0.144. The van der Waals surface area contributed by atoms with Crippen molar-refractivity contribution in [1.29, 1.82) is 0 Å². The van der Waals surface area contributed by atoms with E-state index >= 15 is 0 Å². The van der Waals surface area contributed by atoms with E-state index in [1.54, 1.807) is 0 Å². The highest BCUT2D eigenvalue weighted by atomic mass is 16.5. The molecule has 1 N–H and O–H groups in total. The third-order valence-corrected chi connectivity index (χ3v) is 5.89. The first-order chi connectivity index (χ1) is 10.2. The Morgan fingerprint density at radius 1 is 1.24 bits per heavy atom. The average Bonchev–Trinajstić information content (AvgIpc) is 2.96. The number of carbonyl (C=O) groups is 1. The van der Waals surface area contributed by atoms with Gasteiger partial charge < -0.3 is 15.0 Å². The van der Waals surface area contributed by atoms with E-state index in [0.717, 1.165) is 24.9 Å². The molecule has 4 nitrogen and oxygen atoms in total. The molecule has 2 aliphatic heterocycles. The number of nitrogens with one attached hydrogen (secondary N) is 1. The summed E-state index contributed by atoms with van der Waals surface area (Å²) in [7, 11) is 0. The number of nitrogens with zero attached hydrogens (tertiary/aromatic N) is 1. The predicted octanol–water partition coefficient (Wildman–Crippen LogP) is 2.04. The maximum absolute atomic E-state index is 13.1. The molecule has 21 heavy (non-hydrogen) atoms. The molecule has 0 aromatic heterocycles. The van der Waals surface area contributed by atoms with Gasteiger partial charge in [-0.3, -0.25) is 4.79 Å². The van der Waals surface area contributed by atoms with Crippen LogP contribution in [0.1, 0.15) is 46.0 Å². The van der Waals surface area contributed by atoms with Gasteiger partial charge in [0.05, 0.1) is 19.1 Å². The molecule has 5 atom stereocenters. The fourth-order valence-electron chi connectivity index (χ4n) is 4.66. The molecular formula is C17H30N2O2. The van der Waals surface area contributed by atoms with Gasteiger partial charge in [-0.05, 0) is 37.6 Å². The summed E-state index contributed by atoms with van der Waals surface area (Å²) in [6.45, 7) is 7.62. The van der Waals surface area contributed by atoms with Crippen molar-refractivity contribution in [1.82, 2.24) is 10.2 Å². The summed E-state index contributed by atoms with van der Waals surface area (Å²) in [5.41, 5.74) is 0. The fourth-order valence-corrected chi connectivity index (χ4v) is 4.66. The molecule has 0 spiro atoms. The Labute approximate surface area is 128 Å². The number of piperidine rings is 1. The second-order valence-electron chi connectivity index (χ2n) is 7.12. The molecule has 3 fully saturated rings. The van der Waals surface area contributed by atoms with E-state index < -0.39 is 0 Å². The van der Waals surface area contributed by atoms with E-state index in [-0.39, 0.29) is 12.0 Å². The Morgan fingerprint density at radius 3 is 2.86 bits per heavy atom. The first-order valence-corrected chi connectivity index (χ1v) is 8.84. The molecule has 3 rings (SSSR count). The van der Waals surface area contributed by atoms with Gasteiger partial charge in [-0.25, -0.2) is 0 Å². The predicted molar refractivity (Wildman–Crippen MR) is 83.0 cm³/mol. The van der Waals surface area contributed by atoms with Crippen LogP contribution in [0.4, 0.5) is 0 Å². The molecule has 0 aromatic rings. The zero-order chi connectivity index (χ0) is 14.8. The summed E-state index contributed by atoms with van der Waals surface area (Å²) in [6, 6.07) is 0.710. The normalized spacial score (nSPS) is 40.1. The Balaban J connectivity index is 1.71. The van der Waals surface area contributed by atoms with Gasteiger partial charge in [0.1, 0.15) is 0 Å². The quantitative estimate of drug-likeness (QED) is 0.866. The van der Waals surface area contributed by atoms with Gasteiger partial charge in [-0.1, -0.05) is 26.7 Å². The lowest BCUT2D eigenvalue weighted by Gasteiger charge is -2.48. The zero-order valence-corrected chi connectivity index (χ0v) is 13.5. The highest BCUT2D eigenvalue weighted by Gasteiger charge is 2.43. The highest BCUT2D eigenvalue weighted by Crippen LogP contribution is 2.39. The molecule has 1 saturated carbocycles. The Kier molecular flexibility index (Phi) is 4.85. The number of hydrogen-bond acceptors (Lipinski definition) is 3. The molecule has 4 heteroatoms. The first kappa shape index (κ1) is 15.3. The van der Waals surface area contributed by atoms with Crippen molar-refractivity contribution in [3.8, 4) is 0 Å². The van der Waals surface area contributed by atoms with Crippen molar-refractivity contribution in [3.05, 3.63) is 0 Å². The molecule has 1 aliphatic carbocycles. The minimum Gasteiger partial charge on any atom is -0.379 e. The number of hydrogen-bond donors (Lipinski definition) is 1. The van der Waals surface area contributed by atoms with E-state index in [0.29, 0.717) is 25.2 Å². The second kappa shape index (κ2) is 6.66. The van der Waals surface area contributed by atoms with E-state index in [9.17, 15) is 4.79 Å². The number of ether oxygens (including phenoxy) is 1. The summed E-state index contributed by atoms with van der Waals surface area (Å²) >= 11 is 0. The van der Waals surface area contributed by atoms with Crippen molar-refractivity contribution < 1.29 is 9.53 Å². The molecule has 0 radical (unpaired) electrons. The number of likely N-dealkylation sites (tertiary alicyclic amines) is 1. The number of fused-ring (bicyclic) bond motifs is 1. The molecule has 0 bridgehead atoms. The Morgan fingerprint density at radius 2 is 2.05 bits per heavy atom. The summed E-state index contributed by atoms with van der Waals surface area (Å²) in [4.78, 5) is 15.3. The average molecular weight is 294 g/mol. The first-order valence-electron chi connectivity index (χ1n) is 8.84. The van der Waals surface area contributed by atoms with Gasteiger partial charge >= 0.3 is 0 Å². The molecule has 5 unspecified atom stereocenters. The van der Waals surface area contributed by atoms with Gasteiger partial charge in [-0.2, -0.15) is 0 Å². The maximum Gasteiger partial charge on any atom is 0.229 e. The minimum atomic E-state index is 0.0286. The van der Waals surface area contributed by atoms with Crippen molar-refractivity contribution in [2.24, 2.45) is 17.8 Å². The number of likely N-dealkylation sites (N-methyl/N-ethyl adjacent to an activating group) is 1. The Bertz CT molecular complexity index is 374. The van der Waals surface area contributed by atoms with E-state index in [4.69, 9.17) is 4.74 Å². The van der Waals surface area contributed by atoms with Crippen LogP contribution in [-0.4, -0.2) is 49.2 Å². The van der Waals surface area contributed by atoms with E-state index in [1.807, 2.05) is 0 Å². The largest absolute Gasteiger partial charge is 0.379 e. The minimum absolute atomic E-state index is 0.0286. The van der Waals surface area contributed by atoms with Crippen molar-refractivity contribution in [2.75, 3.05) is 26.3 Å². The van der Waals surface area contributed by atoms with Crippen molar-refractivity contribution >= 4 is 5.91 Å². The summed E-state index contributed by atoms with van der Waals surface area (Å²) in [5.74, 6) is 1.89. The molecule has 2 saturated heterocycles. The van der Waals surface area contributed by atoms with Gasteiger partial charge in [0.15, 0.2) is 0 Å². The van der Waals surface area contributed by atoms with Crippen LogP contribution in [0.2, 0.25) is 0 Å². The molecule has 1 amide bonds. The van der Waals surface area contributed by atoms with Crippen LogP contribution >= 0.6 is 0 Å². The third kappa shape index (κ3) is 2.98. The fraction of sp³-hybridized carbons (Fsp3) is 0.941. The molecule has 2 heterocycles. The van der Waals surface area contributed by atoms with Gasteiger partial charge in [-0.15, -0.1) is 0 Å².